The molecule has 0 aliphatic carbocycles. The van der Waals surface area contributed by atoms with Crippen LogP contribution in [0.3, 0.4) is 0 Å². The van der Waals surface area contributed by atoms with Crippen molar-refractivity contribution in [1.29, 1.82) is 0 Å². The van der Waals surface area contributed by atoms with Crippen LogP contribution >= 0.6 is 0 Å². The summed E-state index contributed by atoms with van der Waals surface area (Å²) >= 11 is 0. The molecule has 0 aliphatic rings. The lowest BCUT2D eigenvalue weighted by molar-refractivity contribution is -0.119. The highest BCUT2D eigenvalue weighted by Gasteiger charge is 2.02. The van der Waals surface area contributed by atoms with Crippen LogP contribution in [0.5, 0.6) is 0 Å². The average Bonchev–Trinajstić information content (AvgIpc) is 2.33. The molecule has 104 valence electrons. The van der Waals surface area contributed by atoms with Crippen molar-refractivity contribution in [3.63, 3.8) is 0 Å². The van der Waals surface area contributed by atoms with Crippen molar-refractivity contribution in [1.82, 2.24) is 5.32 Å². The van der Waals surface area contributed by atoms with Gasteiger partial charge in [0.1, 0.15) is 0 Å². The third-order valence-electron chi connectivity index (χ3n) is 2.76. The van der Waals surface area contributed by atoms with E-state index >= 15 is 0 Å². The van der Waals surface area contributed by atoms with Crippen molar-refractivity contribution in [3.05, 3.63) is 29.8 Å². The Labute approximate surface area is 114 Å². The number of anilines is 1. The van der Waals surface area contributed by atoms with Gasteiger partial charge in [-0.1, -0.05) is 18.6 Å². The number of rotatable bonds is 7. The number of amides is 2. The van der Waals surface area contributed by atoms with Gasteiger partial charge in [-0.05, 0) is 37.5 Å². The number of hydrogen-bond donors (Lipinski definition) is 2. The monoisotopic (exact) mass is 262 g/mol. The standard InChI is InChI=1S/C15H22N2O2/c1-12-7-6-8-14(11-12)17-15(19)9-4-3-5-10-16-13(2)18/h6-8,11H,3-5,9-10H2,1-2H3,(H,16,18)(H,17,19). The van der Waals surface area contributed by atoms with Gasteiger partial charge in [0.05, 0.1) is 0 Å². The zero-order valence-corrected chi connectivity index (χ0v) is 11.7. The lowest BCUT2D eigenvalue weighted by Gasteiger charge is -2.06. The number of unbranched alkanes of at least 4 members (excludes halogenated alkanes) is 2. The summed E-state index contributed by atoms with van der Waals surface area (Å²) in [5, 5.41) is 5.62. The summed E-state index contributed by atoms with van der Waals surface area (Å²) in [5.74, 6) is 0.0438. The summed E-state index contributed by atoms with van der Waals surface area (Å²) in [7, 11) is 0. The largest absolute Gasteiger partial charge is 0.356 e. The van der Waals surface area contributed by atoms with Crippen LogP contribution in [-0.2, 0) is 9.59 Å². The third-order valence-corrected chi connectivity index (χ3v) is 2.76. The molecule has 1 rings (SSSR count). The molecule has 0 bridgehead atoms. The van der Waals surface area contributed by atoms with Gasteiger partial charge in [0.2, 0.25) is 11.8 Å². The lowest BCUT2D eigenvalue weighted by atomic mass is 10.1. The summed E-state index contributed by atoms with van der Waals surface area (Å²) in [6, 6.07) is 7.77. The fourth-order valence-corrected chi connectivity index (χ4v) is 1.80. The van der Waals surface area contributed by atoms with Crippen molar-refractivity contribution in [2.24, 2.45) is 0 Å². The molecule has 0 saturated carbocycles. The highest BCUT2D eigenvalue weighted by molar-refractivity contribution is 5.90. The van der Waals surface area contributed by atoms with E-state index in [9.17, 15) is 9.59 Å². The Kier molecular flexibility index (Phi) is 6.64. The molecule has 0 radical (unpaired) electrons. The van der Waals surface area contributed by atoms with E-state index in [1.165, 1.54) is 6.92 Å². The first kappa shape index (κ1) is 15.2. The van der Waals surface area contributed by atoms with E-state index in [1.54, 1.807) is 0 Å². The Hall–Kier alpha value is -1.84. The molecule has 0 fully saturated rings. The third kappa shape index (κ3) is 7.24. The zero-order chi connectivity index (χ0) is 14.1. The molecule has 2 N–H and O–H groups in total. The molecule has 0 atom stereocenters. The van der Waals surface area contributed by atoms with Crippen LogP contribution in [0.4, 0.5) is 5.69 Å². The van der Waals surface area contributed by atoms with Crippen molar-refractivity contribution in [3.8, 4) is 0 Å². The summed E-state index contributed by atoms with van der Waals surface area (Å²) in [4.78, 5) is 22.3. The van der Waals surface area contributed by atoms with E-state index in [0.717, 1.165) is 30.5 Å². The summed E-state index contributed by atoms with van der Waals surface area (Å²) in [6.07, 6.45) is 3.23. The minimum absolute atomic E-state index is 0.00260. The van der Waals surface area contributed by atoms with Gasteiger partial charge >= 0.3 is 0 Å². The lowest BCUT2D eigenvalue weighted by Crippen LogP contribution is -2.20. The molecular formula is C15H22N2O2. The van der Waals surface area contributed by atoms with E-state index in [4.69, 9.17) is 0 Å². The van der Waals surface area contributed by atoms with E-state index in [1.807, 2.05) is 31.2 Å². The smallest absolute Gasteiger partial charge is 0.224 e. The first-order valence-electron chi connectivity index (χ1n) is 6.69. The van der Waals surface area contributed by atoms with Crippen molar-refractivity contribution in [2.75, 3.05) is 11.9 Å². The highest BCUT2D eigenvalue weighted by atomic mass is 16.2. The van der Waals surface area contributed by atoms with Crippen molar-refractivity contribution in [2.45, 2.75) is 39.5 Å². The fraction of sp³-hybridized carbons (Fsp3) is 0.467. The predicted octanol–water partition coefficient (Wildman–Crippen LogP) is 2.63. The number of aryl methyl sites for hydroxylation is 1. The molecule has 1 aromatic carbocycles. The van der Waals surface area contributed by atoms with E-state index in [0.29, 0.717) is 13.0 Å². The van der Waals surface area contributed by atoms with Crippen molar-refractivity contribution < 1.29 is 9.59 Å². The second-order valence-electron chi connectivity index (χ2n) is 4.71. The van der Waals surface area contributed by atoms with Gasteiger partial charge in [-0.3, -0.25) is 9.59 Å². The number of carbonyl (C=O) groups is 2. The molecule has 19 heavy (non-hydrogen) atoms. The molecule has 4 nitrogen and oxygen atoms in total. The van der Waals surface area contributed by atoms with Crippen LogP contribution in [0.15, 0.2) is 24.3 Å². The van der Waals surface area contributed by atoms with Crippen molar-refractivity contribution >= 4 is 17.5 Å². The first-order valence-corrected chi connectivity index (χ1v) is 6.69. The maximum absolute atomic E-state index is 11.7. The Balaban J connectivity index is 2.13. The molecule has 4 heteroatoms. The number of carbonyl (C=O) groups excluding carboxylic acids is 2. The fourth-order valence-electron chi connectivity index (χ4n) is 1.80. The summed E-state index contributed by atoms with van der Waals surface area (Å²) in [5.41, 5.74) is 1.98. The minimum Gasteiger partial charge on any atom is -0.356 e. The second kappa shape index (κ2) is 8.29. The molecule has 2 amide bonds. The summed E-state index contributed by atoms with van der Waals surface area (Å²) in [6.45, 7) is 4.20. The molecule has 0 spiro atoms. The molecule has 0 unspecified atom stereocenters. The number of benzene rings is 1. The van der Waals surface area contributed by atoms with E-state index in [-0.39, 0.29) is 11.8 Å². The van der Waals surface area contributed by atoms with Crippen LogP contribution in [0.25, 0.3) is 0 Å². The topological polar surface area (TPSA) is 58.2 Å². The Morgan fingerprint density at radius 2 is 1.95 bits per heavy atom. The Morgan fingerprint density at radius 3 is 2.63 bits per heavy atom. The van der Waals surface area contributed by atoms with Crippen LogP contribution in [0.2, 0.25) is 0 Å². The van der Waals surface area contributed by atoms with Gasteiger partial charge in [-0.25, -0.2) is 0 Å². The molecule has 1 aromatic rings. The number of hydrogen-bond acceptors (Lipinski definition) is 2. The Morgan fingerprint density at radius 1 is 1.16 bits per heavy atom. The number of nitrogens with one attached hydrogen (secondary N) is 2. The second-order valence-corrected chi connectivity index (χ2v) is 4.71. The minimum atomic E-state index is -0.00260. The predicted molar refractivity (Wildman–Crippen MR) is 77.0 cm³/mol. The summed E-state index contributed by atoms with van der Waals surface area (Å²) < 4.78 is 0. The molecule has 0 saturated heterocycles. The first-order chi connectivity index (χ1) is 9.08. The SMILES string of the molecule is CC(=O)NCCCCCC(=O)Nc1cccc(C)c1. The van der Waals surface area contributed by atoms with Crippen LogP contribution in [0, 0.1) is 6.92 Å². The Bertz CT molecular complexity index is 430. The van der Waals surface area contributed by atoms with Crippen LogP contribution in [0.1, 0.15) is 38.2 Å². The van der Waals surface area contributed by atoms with Crippen LogP contribution < -0.4 is 10.6 Å². The molecule has 0 aromatic heterocycles. The molecule has 0 heterocycles. The van der Waals surface area contributed by atoms with E-state index in [2.05, 4.69) is 10.6 Å². The van der Waals surface area contributed by atoms with Gasteiger partial charge in [0.25, 0.3) is 0 Å². The highest BCUT2D eigenvalue weighted by Crippen LogP contribution is 2.10. The quantitative estimate of drug-likeness (QED) is 0.742. The average molecular weight is 262 g/mol. The van der Waals surface area contributed by atoms with Gasteiger partial charge < -0.3 is 10.6 Å². The van der Waals surface area contributed by atoms with Gasteiger partial charge in [0, 0.05) is 25.6 Å². The zero-order valence-electron chi connectivity index (χ0n) is 11.7. The molecule has 0 aliphatic heterocycles. The van der Waals surface area contributed by atoms with Gasteiger partial charge in [0.15, 0.2) is 0 Å². The van der Waals surface area contributed by atoms with Gasteiger partial charge in [-0.2, -0.15) is 0 Å². The normalized spacial score (nSPS) is 10.0. The van der Waals surface area contributed by atoms with E-state index < -0.39 is 0 Å². The van der Waals surface area contributed by atoms with Gasteiger partial charge in [-0.15, -0.1) is 0 Å². The van der Waals surface area contributed by atoms with Crippen LogP contribution in [-0.4, -0.2) is 18.4 Å². The maximum atomic E-state index is 11.7. The molecular weight excluding hydrogens is 240 g/mol. The maximum Gasteiger partial charge on any atom is 0.224 e.